The maximum Gasteiger partial charge on any atom is 0.321 e. The molecule has 1 atom stereocenters. The molecule has 1 spiro atoms. The van der Waals surface area contributed by atoms with Crippen LogP contribution in [0.2, 0.25) is 0 Å². The molecule has 2 N–H and O–H groups in total. The van der Waals surface area contributed by atoms with Crippen LogP contribution in [-0.4, -0.2) is 39.3 Å². The molecule has 0 aromatic heterocycles. The third kappa shape index (κ3) is 1.30. The molecule has 1 aromatic carbocycles. The zero-order chi connectivity index (χ0) is 12.9. The van der Waals surface area contributed by atoms with Crippen molar-refractivity contribution >= 4 is 29.3 Å². The SMILES string of the molecule is O=C(O)C1CSC2(N1)C(=O)c1ccccc1C2=O. The molecule has 3 rings (SSSR count). The number of rotatable bonds is 1. The smallest absolute Gasteiger partial charge is 0.321 e. The van der Waals surface area contributed by atoms with Gasteiger partial charge < -0.3 is 5.11 Å². The van der Waals surface area contributed by atoms with E-state index in [4.69, 9.17) is 5.11 Å². The molecule has 0 bridgehead atoms. The second-order valence-corrected chi connectivity index (χ2v) is 5.47. The lowest BCUT2D eigenvalue weighted by Crippen LogP contribution is -2.52. The molecule has 2 aliphatic rings. The van der Waals surface area contributed by atoms with E-state index >= 15 is 0 Å². The zero-order valence-corrected chi connectivity index (χ0v) is 9.99. The fourth-order valence-corrected chi connectivity index (χ4v) is 3.64. The minimum Gasteiger partial charge on any atom is -0.480 e. The largest absolute Gasteiger partial charge is 0.480 e. The summed E-state index contributed by atoms with van der Waals surface area (Å²) in [5.74, 6) is -1.51. The van der Waals surface area contributed by atoms with Gasteiger partial charge in [-0.1, -0.05) is 24.3 Å². The Balaban J connectivity index is 2.05. The lowest BCUT2D eigenvalue weighted by molar-refractivity contribution is -0.138. The third-order valence-electron chi connectivity index (χ3n) is 3.20. The first kappa shape index (κ1) is 11.4. The van der Waals surface area contributed by atoms with Gasteiger partial charge in [0.2, 0.25) is 11.6 Å². The first-order chi connectivity index (χ1) is 8.56. The van der Waals surface area contributed by atoms with E-state index in [1.165, 1.54) is 0 Å². The van der Waals surface area contributed by atoms with Gasteiger partial charge in [-0.3, -0.25) is 19.7 Å². The summed E-state index contributed by atoms with van der Waals surface area (Å²) in [6, 6.07) is 5.72. The van der Waals surface area contributed by atoms with Crippen LogP contribution in [0.25, 0.3) is 0 Å². The Labute approximate surface area is 107 Å². The van der Waals surface area contributed by atoms with Crippen LogP contribution in [0.15, 0.2) is 24.3 Å². The number of carbonyl (C=O) groups excluding carboxylic acids is 2. The maximum atomic E-state index is 12.3. The molecule has 6 heteroatoms. The van der Waals surface area contributed by atoms with Crippen LogP contribution in [0.5, 0.6) is 0 Å². The van der Waals surface area contributed by atoms with Crippen LogP contribution in [0, 0.1) is 0 Å². The van der Waals surface area contributed by atoms with E-state index in [1.807, 2.05) is 0 Å². The number of carboxylic acid groups (broad SMARTS) is 1. The maximum absolute atomic E-state index is 12.3. The highest BCUT2D eigenvalue weighted by molar-refractivity contribution is 8.02. The lowest BCUT2D eigenvalue weighted by atomic mass is 10.1. The lowest BCUT2D eigenvalue weighted by Gasteiger charge is -2.19. The van der Waals surface area contributed by atoms with Crippen molar-refractivity contribution in [2.45, 2.75) is 10.9 Å². The highest BCUT2D eigenvalue weighted by atomic mass is 32.2. The van der Waals surface area contributed by atoms with E-state index < -0.39 is 16.9 Å². The van der Waals surface area contributed by atoms with E-state index in [9.17, 15) is 14.4 Å². The quantitative estimate of drug-likeness (QED) is 0.720. The Bertz CT molecular complexity index is 548. The molecular formula is C12H9NO4S. The van der Waals surface area contributed by atoms with Crippen LogP contribution in [0.4, 0.5) is 0 Å². The Hall–Kier alpha value is -1.66. The predicted molar refractivity (Wildman–Crippen MR) is 64.9 cm³/mol. The molecule has 1 aromatic rings. The van der Waals surface area contributed by atoms with Crippen LogP contribution in [-0.2, 0) is 4.79 Å². The number of ketones is 2. The van der Waals surface area contributed by atoms with Gasteiger partial charge in [-0.25, -0.2) is 0 Å². The molecule has 0 amide bonds. The number of nitrogens with one attached hydrogen (secondary N) is 1. The number of aliphatic carboxylic acids is 1. The average Bonchev–Trinajstić information content (AvgIpc) is 2.90. The first-order valence-electron chi connectivity index (χ1n) is 5.39. The fourth-order valence-electron chi connectivity index (χ4n) is 2.29. The van der Waals surface area contributed by atoms with Crippen molar-refractivity contribution in [2.24, 2.45) is 0 Å². The van der Waals surface area contributed by atoms with E-state index in [0.29, 0.717) is 11.1 Å². The highest BCUT2D eigenvalue weighted by Gasteiger charge is 2.58. The molecule has 1 aliphatic heterocycles. The van der Waals surface area contributed by atoms with Crippen molar-refractivity contribution in [3.8, 4) is 0 Å². The molecule has 0 saturated carbocycles. The molecule has 1 fully saturated rings. The van der Waals surface area contributed by atoms with Gasteiger partial charge in [0.1, 0.15) is 6.04 Å². The first-order valence-corrected chi connectivity index (χ1v) is 6.38. The van der Waals surface area contributed by atoms with Crippen molar-refractivity contribution < 1.29 is 19.5 Å². The van der Waals surface area contributed by atoms with E-state index in [0.717, 1.165) is 11.8 Å². The Morgan fingerprint density at radius 2 is 1.83 bits per heavy atom. The zero-order valence-electron chi connectivity index (χ0n) is 9.17. The summed E-state index contributed by atoms with van der Waals surface area (Å²) in [6.07, 6.45) is 0. The highest BCUT2D eigenvalue weighted by Crippen LogP contribution is 2.42. The van der Waals surface area contributed by atoms with E-state index in [-0.39, 0.29) is 17.3 Å². The molecule has 1 aliphatic carbocycles. The van der Waals surface area contributed by atoms with Crippen LogP contribution in [0.1, 0.15) is 20.7 Å². The van der Waals surface area contributed by atoms with Crippen molar-refractivity contribution in [3.63, 3.8) is 0 Å². The number of hydrogen-bond donors (Lipinski definition) is 2. The summed E-state index contributed by atoms with van der Waals surface area (Å²) in [7, 11) is 0. The topological polar surface area (TPSA) is 83.5 Å². The summed E-state index contributed by atoms with van der Waals surface area (Å²) in [5, 5.41) is 11.6. The number of carboxylic acids is 1. The second-order valence-electron chi connectivity index (χ2n) is 4.23. The molecule has 1 heterocycles. The van der Waals surface area contributed by atoms with Gasteiger partial charge >= 0.3 is 5.97 Å². The third-order valence-corrected chi connectivity index (χ3v) is 4.62. The summed E-state index contributed by atoms with van der Waals surface area (Å²) >= 11 is 1.07. The van der Waals surface area contributed by atoms with Gasteiger partial charge in [-0.15, -0.1) is 11.8 Å². The summed E-state index contributed by atoms with van der Waals surface area (Å²) in [6.45, 7) is 0. The van der Waals surface area contributed by atoms with Gasteiger partial charge in [0, 0.05) is 16.9 Å². The van der Waals surface area contributed by atoms with Gasteiger partial charge in [0.05, 0.1) is 0 Å². The van der Waals surface area contributed by atoms with Crippen molar-refractivity contribution in [1.82, 2.24) is 5.32 Å². The molecule has 5 nitrogen and oxygen atoms in total. The molecule has 92 valence electrons. The molecular weight excluding hydrogens is 254 g/mol. The molecule has 1 saturated heterocycles. The van der Waals surface area contributed by atoms with E-state index in [1.54, 1.807) is 24.3 Å². The molecule has 1 unspecified atom stereocenters. The second kappa shape index (κ2) is 3.66. The van der Waals surface area contributed by atoms with Crippen LogP contribution >= 0.6 is 11.8 Å². The summed E-state index contributed by atoms with van der Waals surface area (Å²) in [5.41, 5.74) is 0.738. The summed E-state index contributed by atoms with van der Waals surface area (Å²) < 4.78 is 0. The van der Waals surface area contributed by atoms with Gasteiger partial charge in [0.25, 0.3) is 0 Å². The van der Waals surface area contributed by atoms with Gasteiger partial charge in [0.15, 0.2) is 4.87 Å². The van der Waals surface area contributed by atoms with Crippen molar-refractivity contribution in [1.29, 1.82) is 0 Å². The standard InChI is InChI=1S/C12H9NO4S/c14-9-6-3-1-2-4-7(6)10(15)12(9)13-8(5-18-12)11(16)17/h1-4,8,13H,5H2,(H,16,17). The normalized spacial score (nSPS) is 24.6. The monoisotopic (exact) mass is 263 g/mol. The number of fused-ring (bicyclic) bond motifs is 1. The number of benzene rings is 1. The Kier molecular flexibility index (Phi) is 2.33. The van der Waals surface area contributed by atoms with Gasteiger partial charge in [-0.2, -0.15) is 0 Å². The number of Topliss-reactive ketones (excluding diaryl/α,β-unsaturated/α-hetero) is 2. The Morgan fingerprint density at radius 3 is 2.28 bits per heavy atom. The van der Waals surface area contributed by atoms with Crippen LogP contribution in [0.3, 0.4) is 0 Å². The molecule has 18 heavy (non-hydrogen) atoms. The number of hydrogen-bond acceptors (Lipinski definition) is 5. The Morgan fingerprint density at radius 1 is 1.28 bits per heavy atom. The fraction of sp³-hybridized carbons (Fsp3) is 0.250. The average molecular weight is 263 g/mol. The predicted octanol–water partition coefficient (Wildman–Crippen LogP) is 0.551. The number of carbonyl (C=O) groups is 3. The van der Waals surface area contributed by atoms with Crippen molar-refractivity contribution in [2.75, 3.05) is 5.75 Å². The van der Waals surface area contributed by atoms with E-state index in [2.05, 4.69) is 5.32 Å². The van der Waals surface area contributed by atoms with Crippen molar-refractivity contribution in [3.05, 3.63) is 35.4 Å². The number of thioether (sulfide) groups is 1. The van der Waals surface area contributed by atoms with Gasteiger partial charge in [-0.05, 0) is 0 Å². The molecule has 0 radical (unpaired) electrons. The minimum absolute atomic E-state index is 0.209. The minimum atomic E-state index is -1.42. The summed E-state index contributed by atoms with van der Waals surface area (Å²) in [4.78, 5) is 34.1. The van der Waals surface area contributed by atoms with Crippen LogP contribution < -0.4 is 5.32 Å².